The number of rotatable bonds is 4. The first kappa shape index (κ1) is 15.3. The number of aliphatic hydroxyl groups excluding tert-OH is 1. The van der Waals surface area contributed by atoms with Crippen molar-refractivity contribution in [2.45, 2.75) is 26.1 Å². The van der Waals surface area contributed by atoms with Crippen molar-refractivity contribution in [1.29, 1.82) is 0 Å². The van der Waals surface area contributed by atoms with Crippen molar-refractivity contribution in [3.63, 3.8) is 0 Å². The van der Waals surface area contributed by atoms with Crippen molar-refractivity contribution in [3.8, 4) is 0 Å². The molecule has 2 aromatic rings. The van der Waals surface area contributed by atoms with Gasteiger partial charge in [0.2, 0.25) is 0 Å². The van der Waals surface area contributed by atoms with Gasteiger partial charge in [0.25, 0.3) is 0 Å². The molecule has 0 saturated carbocycles. The highest BCUT2D eigenvalue weighted by Gasteiger charge is 2.22. The van der Waals surface area contributed by atoms with Crippen LogP contribution in [0.1, 0.15) is 18.1 Å². The third-order valence-electron chi connectivity index (χ3n) is 3.90. The SMILES string of the molecule is CC(O)CN1CN(Cc2ccc(Cl)cc2)Cc2ccccc21. The number of nitrogens with zero attached hydrogens (tertiary/aromatic N) is 2. The standard InChI is InChI=1S/C18H21ClN2O/c1-14(22)10-21-13-20(11-15-6-8-17(19)9-7-15)12-16-4-2-3-5-18(16)21/h2-9,14,22H,10-13H2,1H3. The van der Waals surface area contributed by atoms with Crippen LogP contribution in [-0.2, 0) is 13.1 Å². The fourth-order valence-electron chi connectivity index (χ4n) is 2.99. The van der Waals surface area contributed by atoms with Crippen molar-refractivity contribution < 1.29 is 5.11 Å². The van der Waals surface area contributed by atoms with E-state index in [0.717, 1.165) is 24.8 Å². The molecule has 1 atom stereocenters. The fourth-order valence-corrected chi connectivity index (χ4v) is 3.12. The predicted molar refractivity (Wildman–Crippen MR) is 91.0 cm³/mol. The second kappa shape index (κ2) is 6.69. The maximum Gasteiger partial charge on any atom is 0.0714 e. The van der Waals surface area contributed by atoms with Gasteiger partial charge in [0.1, 0.15) is 0 Å². The van der Waals surface area contributed by atoms with Crippen LogP contribution < -0.4 is 4.90 Å². The van der Waals surface area contributed by atoms with Gasteiger partial charge in [-0.1, -0.05) is 41.9 Å². The Labute approximate surface area is 136 Å². The molecule has 1 heterocycles. The lowest BCUT2D eigenvalue weighted by atomic mass is 10.1. The average Bonchev–Trinajstić information content (AvgIpc) is 2.49. The van der Waals surface area contributed by atoms with Crippen LogP contribution in [0.5, 0.6) is 0 Å². The molecule has 0 spiro atoms. The van der Waals surface area contributed by atoms with E-state index < -0.39 is 0 Å². The van der Waals surface area contributed by atoms with E-state index in [-0.39, 0.29) is 6.10 Å². The third-order valence-corrected chi connectivity index (χ3v) is 4.15. The van der Waals surface area contributed by atoms with Gasteiger partial charge in [-0.05, 0) is 36.2 Å². The summed E-state index contributed by atoms with van der Waals surface area (Å²) in [7, 11) is 0. The van der Waals surface area contributed by atoms with E-state index in [0.29, 0.717) is 6.54 Å². The highest BCUT2D eigenvalue weighted by molar-refractivity contribution is 6.30. The summed E-state index contributed by atoms with van der Waals surface area (Å²) in [5.41, 5.74) is 3.79. The lowest BCUT2D eigenvalue weighted by Gasteiger charge is -2.39. The van der Waals surface area contributed by atoms with Gasteiger partial charge in [0.15, 0.2) is 0 Å². The number of aliphatic hydroxyl groups is 1. The summed E-state index contributed by atoms with van der Waals surface area (Å²) in [5, 5.41) is 10.5. The minimum Gasteiger partial charge on any atom is -0.392 e. The zero-order valence-electron chi connectivity index (χ0n) is 12.7. The number of hydrogen-bond acceptors (Lipinski definition) is 3. The topological polar surface area (TPSA) is 26.7 Å². The second-order valence-corrected chi connectivity index (χ2v) is 6.39. The molecule has 0 amide bonds. The van der Waals surface area contributed by atoms with E-state index in [1.54, 1.807) is 0 Å². The molecule has 0 saturated heterocycles. The van der Waals surface area contributed by atoms with Gasteiger partial charge in [0.05, 0.1) is 12.8 Å². The summed E-state index contributed by atoms with van der Waals surface area (Å²) in [6.45, 7) is 5.11. The summed E-state index contributed by atoms with van der Waals surface area (Å²) in [6, 6.07) is 16.4. The molecule has 4 heteroatoms. The van der Waals surface area contributed by atoms with Crippen LogP contribution >= 0.6 is 11.6 Å². The molecule has 0 aromatic heterocycles. The quantitative estimate of drug-likeness (QED) is 0.935. The van der Waals surface area contributed by atoms with Crippen molar-refractivity contribution in [3.05, 3.63) is 64.7 Å². The summed E-state index contributed by atoms with van der Waals surface area (Å²) >= 11 is 5.95. The number of β-amino-alcohol motifs (C(OH)–C–C–N with tert-alkyl or cyclic N) is 1. The fraction of sp³-hybridized carbons (Fsp3) is 0.333. The van der Waals surface area contributed by atoms with E-state index in [1.165, 1.54) is 16.8 Å². The second-order valence-electron chi connectivity index (χ2n) is 5.96. The summed E-state index contributed by atoms with van der Waals surface area (Å²) in [6.07, 6.45) is -0.344. The molecule has 0 radical (unpaired) electrons. The number of anilines is 1. The van der Waals surface area contributed by atoms with Crippen LogP contribution in [0.3, 0.4) is 0 Å². The molecule has 3 rings (SSSR count). The van der Waals surface area contributed by atoms with Crippen molar-refractivity contribution in [1.82, 2.24) is 4.90 Å². The lowest BCUT2D eigenvalue weighted by Crippen LogP contribution is -2.44. The number of halogens is 1. The first-order valence-corrected chi connectivity index (χ1v) is 7.97. The maximum absolute atomic E-state index is 9.76. The molecular weight excluding hydrogens is 296 g/mol. The maximum atomic E-state index is 9.76. The summed E-state index contributed by atoms with van der Waals surface area (Å²) in [4.78, 5) is 4.63. The highest BCUT2D eigenvalue weighted by atomic mass is 35.5. The number of para-hydroxylation sites is 1. The van der Waals surface area contributed by atoms with Crippen molar-refractivity contribution >= 4 is 17.3 Å². The molecule has 0 bridgehead atoms. The van der Waals surface area contributed by atoms with Gasteiger partial charge in [-0.3, -0.25) is 4.90 Å². The Hall–Kier alpha value is -1.55. The van der Waals surface area contributed by atoms with Crippen LogP contribution in [0, 0.1) is 0 Å². The molecule has 116 valence electrons. The number of hydrogen-bond donors (Lipinski definition) is 1. The van der Waals surface area contributed by atoms with Gasteiger partial charge in [0, 0.05) is 30.3 Å². The van der Waals surface area contributed by atoms with E-state index in [2.05, 4.69) is 46.2 Å². The normalized spacial score (nSPS) is 16.4. The first-order valence-electron chi connectivity index (χ1n) is 7.59. The Morgan fingerprint density at radius 1 is 1.14 bits per heavy atom. The first-order chi connectivity index (χ1) is 10.6. The minimum atomic E-state index is -0.344. The van der Waals surface area contributed by atoms with E-state index in [4.69, 9.17) is 11.6 Å². The van der Waals surface area contributed by atoms with Gasteiger partial charge < -0.3 is 10.0 Å². The Morgan fingerprint density at radius 2 is 1.86 bits per heavy atom. The van der Waals surface area contributed by atoms with E-state index >= 15 is 0 Å². The van der Waals surface area contributed by atoms with E-state index in [9.17, 15) is 5.11 Å². The lowest BCUT2D eigenvalue weighted by molar-refractivity contribution is 0.181. The van der Waals surface area contributed by atoms with Crippen molar-refractivity contribution in [2.24, 2.45) is 0 Å². The molecule has 0 fully saturated rings. The molecule has 0 aliphatic carbocycles. The summed E-state index contributed by atoms with van der Waals surface area (Å²) in [5.74, 6) is 0. The smallest absolute Gasteiger partial charge is 0.0714 e. The molecule has 1 aliphatic heterocycles. The third kappa shape index (κ3) is 3.61. The predicted octanol–water partition coefficient (Wildman–Crippen LogP) is 3.50. The molecule has 1 unspecified atom stereocenters. The van der Waals surface area contributed by atoms with E-state index in [1.807, 2.05) is 19.1 Å². The monoisotopic (exact) mass is 316 g/mol. The van der Waals surface area contributed by atoms with Crippen LogP contribution in [0.15, 0.2) is 48.5 Å². The summed E-state index contributed by atoms with van der Waals surface area (Å²) < 4.78 is 0. The molecule has 1 N–H and O–H groups in total. The molecule has 2 aromatic carbocycles. The molecule has 1 aliphatic rings. The average molecular weight is 317 g/mol. The minimum absolute atomic E-state index is 0.344. The van der Waals surface area contributed by atoms with Gasteiger partial charge in [-0.2, -0.15) is 0 Å². The molecule has 3 nitrogen and oxygen atoms in total. The Bertz CT molecular complexity index is 627. The Balaban J connectivity index is 1.78. The van der Waals surface area contributed by atoms with Crippen molar-refractivity contribution in [2.75, 3.05) is 18.1 Å². The molecule has 22 heavy (non-hydrogen) atoms. The van der Waals surface area contributed by atoms with Crippen LogP contribution in [0.4, 0.5) is 5.69 Å². The van der Waals surface area contributed by atoms with Crippen LogP contribution in [0.25, 0.3) is 0 Å². The van der Waals surface area contributed by atoms with Crippen LogP contribution in [-0.4, -0.2) is 29.3 Å². The van der Waals surface area contributed by atoms with Gasteiger partial charge in [-0.15, -0.1) is 0 Å². The largest absolute Gasteiger partial charge is 0.392 e. The molecular formula is C18H21ClN2O. The number of fused-ring (bicyclic) bond motifs is 1. The Kier molecular flexibility index (Phi) is 4.67. The van der Waals surface area contributed by atoms with Gasteiger partial charge in [-0.25, -0.2) is 0 Å². The Morgan fingerprint density at radius 3 is 2.59 bits per heavy atom. The zero-order chi connectivity index (χ0) is 15.5. The zero-order valence-corrected chi connectivity index (χ0v) is 13.5. The van der Waals surface area contributed by atoms with Crippen LogP contribution in [0.2, 0.25) is 5.02 Å². The highest BCUT2D eigenvalue weighted by Crippen LogP contribution is 2.28. The van der Waals surface area contributed by atoms with Gasteiger partial charge >= 0.3 is 0 Å². The number of benzene rings is 2.